The SMILES string of the molecule is C=C1C[C@H]2CN(C(=O)CCOCCOCCNC(=O)C(Br)C(Br)C(=O)NCCOCCC(=O)N(C)[C@H](C(=O)N[C@H](C(=O)N(C)[C@@H]([C@@H](C)CC)[C@@H](CC(=O)N3CCC[C@H]3[C@H](OC)[C@@H](C)C(=O)N[C@@H](Cc3ccccc3)C(=O)O)OC)C(C)C)C(C)C)c3cc(OCCCCCOc4cc5c(cc4OC)C(=O)N4CC(=C)C[C@H]4C=N5)c(OC)cc3C(=O)N2C1. The minimum absolute atomic E-state index is 0.00520. The predicted molar refractivity (Wildman–Crippen MR) is 466 cm³/mol. The number of ether oxygens (including phenoxy) is 9. The molecule has 10 amide bonds. The number of methoxy groups -OCH3 is 4. The van der Waals surface area contributed by atoms with Crippen molar-refractivity contribution in [1.29, 1.82) is 0 Å². The van der Waals surface area contributed by atoms with Gasteiger partial charge in [0.1, 0.15) is 27.8 Å². The number of rotatable bonds is 49. The second-order valence-electron chi connectivity index (χ2n) is 32.4. The van der Waals surface area contributed by atoms with Crippen LogP contribution in [0.2, 0.25) is 0 Å². The van der Waals surface area contributed by atoms with Gasteiger partial charge in [0.25, 0.3) is 11.8 Å². The Morgan fingerprint density at radius 3 is 1.84 bits per heavy atom. The highest BCUT2D eigenvalue weighted by molar-refractivity contribution is 9.12. The summed E-state index contributed by atoms with van der Waals surface area (Å²) in [5.74, 6) is -5.15. The Morgan fingerprint density at radius 2 is 1.24 bits per heavy atom. The number of aliphatic imine (C=N–C) groups is 1. The molecule has 0 aliphatic carbocycles. The third-order valence-electron chi connectivity index (χ3n) is 23.1. The van der Waals surface area contributed by atoms with Gasteiger partial charge in [0.05, 0.1) is 151 Å². The number of aliphatic carboxylic acids is 1. The molecule has 3 saturated heterocycles. The number of carbonyl (C=O) groups is 11. The zero-order valence-electron chi connectivity index (χ0n) is 72.7. The zero-order chi connectivity index (χ0) is 89.2. The molecule has 0 aromatic heterocycles. The Kier molecular flexibility index (Phi) is 38.5. The van der Waals surface area contributed by atoms with Crippen molar-refractivity contribution >= 4 is 114 Å². The number of hydrogen-bond acceptors (Lipinski definition) is 21. The summed E-state index contributed by atoms with van der Waals surface area (Å²) < 4.78 is 53.1. The van der Waals surface area contributed by atoms with Crippen LogP contribution < -0.4 is 45.1 Å². The number of halogens is 2. The normalized spacial score (nSPS) is 18.6. The maximum absolute atomic E-state index is 14.8. The smallest absolute Gasteiger partial charge is 0.326 e. The maximum atomic E-state index is 14.8. The Morgan fingerprint density at radius 1 is 0.648 bits per heavy atom. The highest BCUT2D eigenvalue weighted by Gasteiger charge is 2.46. The second kappa shape index (κ2) is 47.7. The molecule has 672 valence electrons. The van der Waals surface area contributed by atoms with E-state index in [9.17, 15) is 57.8 Å². The predicted octanol–water partition coefficient (Wildman–Crippen LogP) is 7.88. The molecular weight excluding hydrogens is 1710 g/mol. The highest BCUT2D eigenvalue weighted by atomic mass is 79.9. The lowest BCUT2D eigenvalue weighted by Gasteiger charge is -2.41. The number of likely N-dealkylation sites (tertiary alicyclic amines) is 1. The lowest BCUT2D eigenvalue weighted by molar-refractivity contribution is -0.149. The number of anilines is 1. The monoisotopic (exact) mass is 1830 g/mol. The number of unbranched alkanes of at least 4 members (excludes halogenated alkanes) is 2. The Balaban J connectivity index is 0.712. The molecule has 8 rings (SSSR count). The van der Waals surface area contributed by atoms with Gasteiger partial charge < -0.3 is 98.4 Å². The number of fused-ring (bicyclic) bond motifs is 4. The number of hydrogen-bond donors (Lipinski definition) is 5. The van der Waals surface area contributed by atoms with Crippen LogP contribution in [0.4, 0.5) is 11.4 Å². The van der Waals surface area contributed by atoms with Gasteiger partial charge in [-0.1, -0.05) is 141 Å². The molecule has 3 aromatic carbocycles. The first-order chi connectivity index (χ1) is 58.3. The van der Waals surface area contributed by atoms with Crippen LogP contribution in [0.5, 0.6) is 23.0 Å². The lowest BCUT2D eigenvalue weighted by Crippen LogP contribution is -2.60. The Hall–Kier alpha value is -9.06. The van der Waals surface area contributed by atoms with E-state index < -0.39 is 111 Å². The molecular formula is C88H125Br2N11O21. The minimum atomic E-state index is -1.19. The molecule has 13 atom stereocenters. The summed E-state index contributed by atoms with van der Waals surface area (Å²) in [7, 11) is 9.12. The number of carboxylic acids is 1. The van der Waals surface area contributed by atoms with Gasteiger partial charge >= 0.3 is 5.97 Å². The average Bonchev–Trinajstić information content (AvgIpc) is 1.59. The van der Waals surface area contributed by atoms with Gasteiger partial charge in [-0.25, -0.2) is 4.79 Å². The first kappa shape index (κ1) is 98.4. The van der Waals surface area contributed by atoms with Crippen LogP contribution in [0.3, 0.4) is 0 Å². The van der Waals surface area contributed by atoms with Crippen molar-refractivity contribution in [2.24, 2.45) is 28.7 Å². The number of likely N-dealkylation sites (N-methyl/N-ethyl adjacent to an activating group) is 2. The van der Waals surface area contributed by atoms with E-state index in [0.29, 0.717) is 123 Å². The molecule has 0 saturated carbocycles. The van der Waals surface area contributed by atoms with Gasteiger partial charge in [0.2, 0.25) is 47.3 Å². The second-order valence-corrected chi connectivity index (χ2v) is 34.4. The van der Waals surface area contributed by atoms with E-state index >= 15 is 0 Å². The van der Waals surface area contributed by atoms with Crippen LogP contribution in [0.1, 0.15) is 145 Å². The molecule has 0 spiro atoms. The van der Waals surface area contributed by atoms with Crippen LogP contribution in [-0.4, -0.2) is 300 Å². The van der Waals surface area contributed by atoms with E-state index in [1.165, 1.54) is 40.4 Å². The van der Waals surface area contributed by atoms with Gasteiger partial charge in [0, 0.05) is 92.4 Å². The van der Waals surface area contributed by atoms with Crippen molar-refractivity contribution in [2.45, 2.75) is 190 Å². The molecule has 5 aliphatic rings. The van der Waals surface area contributed by atoms with Crippen LogP contribution in [0, 0.1) is 23.7 Å². The summed E-state index contributed by atoms with van der Waals surface area (Å²) in [5.41, 5.74) is 4.29. The molecule has 122 heavy (non-hydrogen) atoms. The summed E-state index contributed by atoms with van der Waals surface area (Å²) in [6.45, 7) is 23.7. The summed E-state index contributed by atoms with van der Waals surface area (Å²) in [5, 5.41) is 21.1. The van der Waals surface area contributed by atoms with Gasteiger partial charge in [-0.05, 0) is 80.4 Å². The number of nitrogens with zero attached hydrogens (tertiary/aromatic N) is 7. The van der Waals surface area contributed by atoms with E-state index in [1.54, 1.807) is 121 Å². The van der Waals surface area contributed by atoms with E-state index in [0.717, 1.165) is 23.1 Å². The number of benzene rings is 3. The topological polar surface area (TPSA) is 371 Å². The van der Waals surface area contributed by atoms with Crippen molar-refractivity contribution in [2.75, 3.05) is 140 Å². The number of nitrogens with one attached hydrogen (secondary N) is 4. The molecule has 2 unspecified atom stereocenters. The van der Waals surface area contributed by atoms with Gasteiger partial charge in [-0.2, -0.15) is 0 Å². The molecule has 5 N–H and O–H groups in total. The van der Waals surface area contributed by atoms with Crippen LogP contribution in [0.25, 0.3) is 0 Å². The van der Waals surface area contributed by atoms with Crippen molar-refractivity contribution in [3.8, 4) is 23.0 Å². The van der Waals surface area contributed by atoms with Crippen LogP contribution in [-0.2, 0) is 73.3 Å². The number of carboxylic acid groups (broad SMARTS) is 1. The molecule has 0 radical (unpaired) electrons. The van der Waals surface area contributed by atoms with Gasteiger partial charge in [-0.3, -0.25) is 52.9 Å². The fourth-order valence-electron chi connectivity index (χ4n) is 16.3. The van der Waals surface area contributed by atoms with E-state index in [2.05, 4.69) is 71.3 Å². The largest absolute Gasteiger partial charge is 0.493 e. The first-order valence-corrected chi connectivity index (χ1v) is 43.9. The molecule has 5 heterocycles. The quantitative estimate of drug-likeness (QED) is 0.0204. The van der Waals surface area contributed by atoms with Crippen molar-refractivity contribution in [3.63, 3.8) is 0 Å². The van der Waals surface area contributed by atoms with Gasteiger partial charge in [0.15, 0.2) is 23.0 Å². The van der Waals surface area contributed by atoms with E-state index in [4.69, 9.17) is 42.6 Å². The van der Waals surface area contributed by atoms with Crippen molar-refractivity contribution in [1.82, 2.24) is 45.8 Å². The summed E-state index contributed by atoms with van der Waals surface area (Å²) >= 11 is 6.63. The zero-order valence-corrected chi connectivity index (χ0v) is 75.9. The lowest BCUT2D eigenvalue weighted by atomic mass is 9.89. The molecule has 0 bridgehead atoms. The minimum Gasteiger partial charge on any atom is -0.493 e. The Bertz CT molecular complexity index is 4170. The van der Waals surface area contributed by atoms with E-state index in [-0.39, 0.29) is 127 Å². The number of alkyl halides is 2. The standard InChI is InChI=1S/C88H125Br2N11O21/c1-16-56(8)79(71(116-14)47-74(104)98-31-23-26-65(98)80(117-15)57(9)81(105)94-64(88(112)113)42-58-24-19-17-20-25-58)97(11)87(111)77(52(2)3)95-84(108)78(53(4)5)96(10)72(102)27-34-118-36-29-91-82(106)75(89)76(90)83(107)92-30-37-120-39-38-119-35-28-73(103)101-51-60-41-55(7)50-100(60)86(110)62-44-68(115-13)70(46-66(62)101)122-33-22-18-21-32-121-69-45-63-61(43-67(69)114-12)85(109)99-49-54(6)40-59(99)48-93-63/h17,19-20,24-25,43-46,48,52-53,56-57,59-60,64-65,71,75-80H,6-7,16,18,21-23,26-42,47,49-51H2,1-5,8-15H3,(H,91,106)(H,92,107)(H,94,105)(H,95,108)(H,112,113)/t56-,57+,59-,60-,64-,65-,71+,75?,76?,77-,78-,79-,80+/m0/s1. The summed E-state index contributed by atoms with van der Waals surface area (Å²) in [4.78, 5) is 164. The Labute approximate surface area is 733 Å². The fraction of sp³-hybridized carbons (Fsp3) is 0.614. The summed E-state index contributed by atoms with van der Waals surface area (Å²) in [6, 6.07) is 10.9. The molecule has 34 heteroatoms. The first-order valence-electron chi connectivity index (χ1n) is 42.1. The number of carbonyl (C=O) groups excluding carboxylic acids is 10. The fourth-order valence-corrected chi connectivity index (χ4v) is 17.1. The summed E-state index contributed by atoms with van der Waals surface area (Å²) in [6.07, 6.45) is 5.12. The van der Waals surface area contributed by atoms with Crippen LogP contribution >= 0.6 is 31.9 Å². The van der Waals surface area contributed by atoms with E-state index in [1.807, 2.05) is 19.9 Å². The van der Waals surface area contributed by atoms with Crippen LogP contribution in [0.15, 0.2) is 83.9 Å². The highest BCUT2D eigenvalue weighted by Crippen LogP contribution is 2.42. The van der Waals surface area contributed by atoms with Crippen molar-refractivity contribution in [3.05, 3.63) is 95.6 Å². The maximum Gasteiger partial charge on any atom is 0.326 e. The number of amides is 10. The third-order valence-corrected chi connectivity index (χ3v) is 25.7. The van der Waals surface area contributed by atoms with Crippen molar-refractivity contribution < 1.29 is 100 Å². The molecule has 3 aromatic rings. The third kappa shape index (κ3) is 26.0. The average molecular weight is 1830 g/mol. The van der Waals surface area contributed by atoms with Gasteiger partial charge in [-0.15, -0.1) is 0 Å². The molecule has 32 nitrogen and oxygen atoms in total. The molecule has 3 fully saturated rings. The molecule has 5 aliphatic heterocycles.